The molecule has 1 amide bonds. The molecule has 2 fully saturated rings. The number of nitrogens with one attached hydrogen (secondary N) is 1. The van der Waals surface area contributed by atoms with E-state index in [1.165, 1.54) is 10.4 Å². The zero-order chi connectivity index (χ0) is 19.4. The molecule has 1 unspecified atom stereocenters. The third-order valence-electron chi connectivity index (χ3n) is 5.28. The number of piperazine rings is 1. The molecule has 11 heteroatoms. The predicted molar refractivity (Wildman–Crippen MR) is 117 cm³/mol. The van der Waals surface area contributed by atoms with Gasteiger partial charge in [-0.25, -0.2) is 8.42 Å². The van der Waals surface area contributed by atoms with E-state index >= 15 is 0 Å². The fourth-order valence-corrected chi connectivity index (χ4v) is 4.90. The van der Waals surface area contributed by atoms with Crippen LogP contribution in [0.15, 0.2) is 29.2 Å². The minimum absolute atomic E-state index is 0. The van der Waals surface area contributed by atoms with E-state index in [2.05, 4.69) is 10.2 Å². The van der Waals surface area contributed by atoms with Gasteiger partial charge in [0.1, 0.15) is 0 Å². The SMILES string of the molecule is CN1CCN(S(=O)(=O)c2cccc(NC(=O)C(N)C3CCOCC3)c2)CC1.Cl.Cl. The summed E-state index contributed by atoms with van der Waals surface area (Å²) in [6.45, 7) is 3.56. The van der Waals surface area contributed by atoms with Gasteiger partial charge in [0.05, 0.1) is 10.9 Å². The first-order chi connectivity index (χ1) is 12.9. The van der Waals surface area contributed by atoms with Crippen molar-refractivity contribution in [2.24, 2.45) is 11.7 Å². The number of sulfonamides is 1. The summed E-state index contributed by atoms with van der Waals surface area (Å²) in [5, 5.41) is 2.77. The topological polar surface area (TPSA) is 105 Å². The standard InChI is InChI=1S/C18H28N4O4S.2ClH/c1-21-7-9-22(10-8-21)27(24,25)16-4-2-3-15(13-16)20-18(23)17(19)14-5-11-26-12-6-14;;/h2-4,13-14,17H,5-12,19H2,1H3,(H,20,23);2*1H. The fourth-order valence-electron chi connectivity index (χ4n) is 3.43. The second-order valence-corrected chi connectivity index (χ2v) is 9.14. The van der Waals surface area contributed by atoms with Gasteiger partial charge in [0.2, 0.25) is 15.9 Å². The van der Waals surface area contributed by atoms with Crippen molar-refractivity contribution in [2.45, 2.75) is 23.8 Å². The Labute approximate surface area is 185 Å². The summed E-state index contributed by atoms with van der Waals surface area (Å²) in [5.41, 5.74) is 6.54. The molecule has 0 radical (unpaired) electrons. The summed E-state index contributed by atoms with van der Waals surface area (Å²) < 4.78 is 32.5. The van der Waals surface area contributed by atoms with Gasteiger partial charge < -0.3 is 20.7 Å². The smallest absolute Gasteiger partial charge is 0.243 e. The third kappa shape index (κ3) is 6.52. The van der Waals surface area contributed by atoms with E-state index in [9.17, 15) is 13.2 Å². The van der Waals surface area contributed by atoms with Gasteiger partial charge in [0.15, 0.2) is 0 Å². The van der Waals surface area contributed by atoms with E-state index in [-0.39, 0.29) is 41.5 Å². The van der Waals surface area contributed by atoms with Crippen molar-refractivity contribution < 1.29 is 17.9 Å². The van der Waals surface area contributed by atoms with Crippen LogP contribution in [0.3, 0.4) is 0 Å². The number of nitrogens with two attached hydrogens (primary N) is 1. The molecule has 29 heavy (non-hydrogen) atoms. The molecule has 1 aromatic rings. The minimum Gasteiger partial charge on any atom is -0.381 e. The van der Waals surface area contributed by atoms with Crippen LogP contribution in [0, 0.1) is 5.92 Å². The van der Waals surface area contributed by atoms with Crippen LogP contribution >= 0.6 is 24.8 Å². The first-order valence-corrected chi connectivity index (χ1v) is 10.7. The molecular weight excluding hydrogens is 439 g/mol. The van der Waals surface area contributed by atoms with Crippen molar-refractivity contribution in [3.8, 4) is 0 Å². The summed E-state index contributed by atoms with van der Waals surface area (Å²) in [6.07, 6.45) is 1.51. The highest BCUT2D eigenvalue weighted by Gasteiger charge is 2.29. The highest BCUT2D eigenvalue weighted by atomic mass is 35.5. The largest absolute Gasteiger partial charge is 0.381 e. The number of halogens is 2. The number of ether oxygens (including phenoxy) is 1. The molecule has 0 spiro atoms. The van der Waals surface area contributed by atoms with Crippen molar-refractivity contribution in [1.29, 1.82) is 0 Å². The van der Waals surface area contributed by atoms with Gasteiger partial charge in [-0.3, -0.25) is 4.79 Å². The molecule has 1 aromatic carbocycles. The van der Waals surface area contributed by atoms with Gasteiger partial charge in [0, 0.05) is 45.1 Å². The predicted octanol–water partition coefficient (Wildman–Crippen LogP) is 1.16. The molecule has 1 atom stereocenters. The molecule has 0 saturated carbocycles. The van der Waals surface area contributed by atoms with Gasteiger partial charge in [-0.2, -0.15) is 4.31 Å². The van der Waals surface area contributed by atoms with E-state index < -0.39 is 16.1 Å². The average molecular weight is 469 g/mol. The monoisotopic (exact) mass is 468 g/mol. The highest BCUT2D eigenvalue weighted by Crippen LogP contribution is 2.22. The molecule has 3 N–H and O–H groups in total. The van der Waals surface area contributed by atoms with Crippen LogP contribution in [0.5, 0.6) is 0 Å². The zero-order valence-electron chi connectivity index (χ0n) is 16.5. The van der Waals surface area contributed by atoms with Crippen LogP contribution in [-0.4, -0.2) is 76.0 Å². The maximum absolute atomic E-state index is 12.9. The number of nitrogens with zero attached hydrogens (tertiary/aromatic N) is 2. The molecule has 2 saturated heterocycles. The first kappa shape index (κ1) is 26.1. The van der Waals surface area contributed by atoms with E-state index in [0.717, 1.165) is 12.8 Å². The minimum atomic E-state index is -3.58. The Bertz CT molecular complexity index is 767. The molecule has 3 rings (SSSR count). The Hall–Kier alpha value is -0.940. The van der Waals surface area contributed by atoms with Gasteiger partial charge in [0.25, 0.3) is 0 Å². The number of carbonyl (C=O) groups excluding carboxylic acids is 1. The lowest BCUT2D eigenvalue weighted by atomic mass is 9.92. The van der Waals surface area contributed by atoms with Crippen molar-refractivity contribution in [1.82, 2.24) is 9.21 Å². The average Bonchev–Trinajstić information content (AvgIpc) is 2.68. The quantitative estimate of drug-likeness (QED) is 0.671. The summed E-state index contributed by atoms with van der Waals surface area (Å²) >= 11 is 0. The molecular formula is C18H30Cl2N4O4S. The lowest BCUT2D eigenvalue weighted by Crippen LogP contribution is -2.47. The number of likely N-dealkylation sites (N-methyl/N-ethyl adjacent to an activating group) is 1. The molecule has 2 aliphatic heterocycles. The van der Waals surface area contributed by atoms with Gasteiger partial charge >= 0.3 is 0 Å². The van der Waals surface area contributed by atoms with Crippen molar-refractivity contribution in [3.63, 3.8) is 0 Å². The number of rotatable bonds is 5. The number of benzene rings is 1. The van der Waals surface area contributed by atoms with Crippen LogP contribution in [0.1, 0.15) is 12.8 Å². The second-order valence-electron chi connectivity index (χ2n) is 7.20. The number of hydrogen-bond acceptors (Lipinski definition) is 6. The van der Waals surface area contributed by atoms with Crippen LogP contribution in [0.2, 0.25) is 0 Å². The zero-order valence-corrected chi connectivity index (χ0v) is 18.9. The Morgan fingerprint density at radius 1 is 1.17 bits per heavy atom. The van der Waals surface area contributed by atoms with Gasteiger partial charge in [-0.05, 0) is 44.0 Å². The number of amides is 1. The molecule has 0 aromatic heterocycles. The normalized spacial score (nSPS) is 20.2. The lowest BCUT2D eigenvalue weighted by molar-refractivity contribution is -0.119. The van der Waals surface area contributed by atoms with Crippen molar-refractivity contribution in [3.05, 3.63) is 24.3 Å². The first-order valence-electron chi connectivity index (χ1n) is 9.31. The van der Waals surface area contributed by atoms with E-state index in [1.54, 1.807) is 18.2 Å². The van der Waals surface area contributed by atoms with Crippen LogP contribution in [-0.2, 0) is 19.6 Å². The van der Waals surface area contributed by atoms with Crippen molar-refractivity contribution in [2.75, 3.05) is 51.8 Å². The van der Waals surface area contributed by atoms with Gasteiger partial charge in [-0.15, -0.1) is 24.8 Å². The summed E-state index contributed by atoms with van der Waals surface area (Å²) in [6, 6.07) is 5.74. The highest BCUT2D eigenvalue weighted by molar-refractivity contribution is 7.89. The summed E-state index contributed by atoms with van der Waals surface area (Å²) in [4.78, 5) is 14.8. The van der Waals surface area contributed by atoms with Crippen LogP contribution in [0.4, 0.5) is 5.69 Å². The Morgan fingerprint density at radius 3 is 2.41 bits per heavy atom. The number of anilines is 1. The molecule has 166 valence electrons. The fraction of sp³-hybridized carbons (Fsp3) is 0.611. The number of hydrogen-bond donors (Lipinski definition) is 2. The molecule has 8 nitrogen and oxygen atoms in total. The Kier molecular flexibility index (Phi) is 10.3. The molecule has 2 aliphatic rings. The van der Waals surface area contributed by atoms with E-state index in [0.29, 0.717) is 45.1 Å². The number of carbonyl (C=O) groups is 1. The van der Waals surface area contributed by atoms with E-state index in [4.69, 9.17) is 10.5 Å². The van der Waals surface area contributed by atoms with E-state index in [1.807, 2.05) is 7.05 Å². The van der Waals surface area contributed by atoms with Gasteiger partial charge in [-0.1, -0.05) is 6.07 Å². The Morgan fingerprint density at radius 2 is 1.79 bits per heavy atom. The summed E-state index contributed by atoms with van der Waals surface area (Å²) in [5.74, 6) is -0.216. The molecule has 0 aliphatic carbocycles. The Balaban J connectivity index is 0.00000210. The lowest BCUT2D eigenvalue weighted by Gasteiger charge is -2.31. The molecule has 2 heterocycles. The van der Waals surface area contributed by atoms with Crippen LogP contribution < -0.4 is 11.1 Å². The maximum atomic E-state index is 12.9. The summed E-state index contributed by atoms with van der Waals surface area (Å²) in [7, 11) is -1.60. The molecule has 0 bridgehead atoms. The maximum Gasteiger partial charge on any atom is 0.243 e. The second kappa shape index (κ2) is 11.5. The van der Waals surface area contributed by atoms with Crippen LogP contribution in [0.25, 0.3) is 0 Å². The third-order valence-corrected chi connectivity index (χ3v) is 7.17. The van der Waals surface area contributed by atoms with Crippen molar-refractivity contribution >= 4 is 46.4 Å².